The highest BCUT2D eigenvalue weighted by molar-refractivity contribution is 7.89. The summed E-state index contributed by atoms with van der Waals surface area (Å²) in [7, 11) is -3.79. The Hall–Kier alpha value is -3.97. The molecule has 44 heavy (non-hydrogen) atoms. The highest BCUT2D eigenvalue weighted by Crippen LogP contribution is 2.45. The average molecular weight is 637 g/mol. The van der Waals surface area contributed by atoms with E-state index in [4.69, 9.17) is 14.6 Å². The first-order valence-electron chi connectivity index (χ1n) is 13.9. The van der Waals surface area contributed by atoms with Gasteiger partial charge >= 0.3 is 12.1 Å². The Morgan fingerprint density at radius 1 is 1.02 bits per heavy atom. The fraction of sp³-hybridized carbons (Fsp3) is 0.355. The molecule has 1 atom stereocenters. The average Bonchev–Trinajstić information content (AvgIpc) is 3.79. The highest BCUT2D eigenvalue weighted by atomic mass is 32.2. The molecule has 13 heteroatoms. The van der Waals surface area contributed by atoms with Crippen LogP contribution in [0.2, 0.25) is 0 Å². The molecule has 3 aromatic rings. The van der Waals surface area contributed by atoms with Crippen LogP contribution in [0.25, 0.3) is 11.1 Å². The first kappa shape index (κ1) is 32.9. The summed E-state index contributed by atoms with van der Waals surface area (Å²) in [5.41, 5.74) is 4.15. The van der Waals surface area contributed by atoms with Gasteiger partial charge in [0.05, 0.1) is 11.8 Å². The minimum absolute atomic E-state index is 0.106. The van der Waals surface area contributed by atoms with Crippen molar-refractivity contribution < 1.29 is 45.4 Å². The largest absolute Gasteiger partial charge is 0.490 e. The third kappa shape index (κ3) is 9.26. The number of likely N-dealkylation sites (tertiary alicyclic amines) is 1. The summed E-state index contributed by atoms with van der Waals surface area (Å²) in [4.78, 5) is 23.6. The minimum atomic E-state index is -5.08. The van der Waals surface area contributed by atoms with Crippen LogP contribution < -0.4 is 9.46 Å². The number of sulfonamides is 1. The maximum absolute atomic E-state index is 14.9. The normalized spacial score (nSPS) is 17.2. The number of carbonyl (C=O) groups excluding carboxylic acids is 1. The lowest BCUT2D eigenvalue weighted by Crippen LogP contribution is -2.40. The number of hydrogen-bond acceptors (Lipinski definition) is 6. The summed E-state index contributed by atoms with van der Waals surface area (Å²) in [6.45, 7) is 2.46. The first-order valence-corrected chi connectivity index (χ1v) is 15.8. The Morgan fingerprint density at radius 2 is 1.66 bits per heavy atom. The molecule has 0 aromatic heterocycles. The number of hydrogen-bond donors (Lipinski definition) is 2. The fourth-order valence-corrected chi connectivity index (χ4v) is 5.46. The second kappa shape index (κ2) is 13.8. The van der Waals surface area contributed by atoms with Gasteiger partial charge in [-0.15, -0.1) is 0 Å². The van der Waals surface area contributed by atoms with E-state index in [9.17, 15) is 30.8 Å². The van der Waals surface area contributed by atoms with Gasteiger partial charge in [0.1, 0.15) is 17.7 Å². The summed E-state index contributed by atoms with van der Waals surface area (Å²) in [5, 5.41) is 7.12. The number of piperidine rings is 1. The molecule has 0 spiro atoms. The molecule has 1 heterocycles. The lowest BCUT2D eigenvalue weighted by molar-refractivity contribution is -0.192. The van der Waals surface area contributed by atoms with E-state index in [0.29, 0.717) is 12.3 Å². The van der Waals surface area contributed by atoms with E-state index >= 15 is 0 Å². The molecule has 0 bridgehead atoms. The van der Waals surface area contributed by atoms with Gasteiger partial charge in [-0.2, -0.15) is 13.2 Å². The summed E-state index contributed by atoms with van der Waals surface area (Å²) in [6, 6.07) is 21.5. The third-order valence-corrected chi connectivity index (χ3v) is 7.69. The number of nitrogens with one attached hydrogen (secondary N) is 1. The van der Waals surface area contributed by atoms with E-state index in [1.807, 2.05) is 22.9 Å². The quantitative estimate of drug-likeness (QED) is 0.304. The molecule has 1 amide bonds. The fourth-order valence-electron chi connectivity index (χ4n) is 5.02. The number of ether oxygens (including phenoxy) is 1. The van der Waals surface area contributed by atoms with Crippen molar-refractivity contribution in [2.24, 2.45) is 0 Å². The number of carbonyl (C=O) groups is 2. The van der Waals surface area contributed by atoms with Crippen LogP contribution in [0.5, 0.6) is 5.75 Å². The molecule has 1 aliphatic carbocycles. The number of carboxylic acid groups (broad SMARTS) is 1. The number of alkyl halides is 3. The zero-order chi connectivity index (χ0) is 32.1. The monoisotopic (exact) mass is 636 g/mol. The number of aliphatic carboxylic acids is 1. The number of halogens is 4. The first-order chi connectivity index (χ1) is 20.7. The van der Waals surface area contributed by atoms with Crippen molar-refractivity contribution in [2.45, 2.75) is 50.4 Å². The molecule has 1 saturated heterocycles. The Bertz CT molecular complexity index is 1590. The molecule has 236 valence electrons. The zero-order valence-corrected chi connectivity index (χ0v) is 24.6. The summed E-state index contributed by atoms with van der Waals surface area (Å²) in [5.74, 6) is -3.86. The van der Waals surface area contributed by atoms with Crippen LogP contribution in [0.1, 0.15) is 53.1 Å². The Labute approximate surface area is 252 Å². The van der Waals surface area contributed by atoms with Crippen LogP contribution in [0.4, 0.5) is 17.6 Å². The van der Waals surface area contributed by atoms with Gasteiger partial charge < -0.3 is 9.84 Å². The van der Waals surface area contributed by atoms with E-state index in [0.717, 1.165) is 50.6 Å². The van der Waals surface area contributed by atoms with Gasteiger partial charge in [-0.05, 0) is 66.5 Å². The molecular weight excluding hydrogens is 604 g/mol. The summed E-state index contributed by atoms with van der Waals surface area (Å²) >= 11 is 0. The second-order valence-electron chi connectivity index (χ2n) is 10.8. The van der Waals surface area contributed by atoms with Crippen LogP contribution in [0.3, 0.4) is 0 Å². The van der Waals surface area contributed by atoms with Crippen molar-refractivity contribution in [1.29, 1.82) is 0 Å². The SMILES string of the molecule is CS(=O)(=O)NC(=O)c1cc(C2CC2)c(O[C@@H]2CCCN(Cc3ccccc3-c3ccccc3)C2)cc1F.O=C(O)C(F)(F)F. The van der Waals surface area contributed by atoms with Crippen molar-refractivity contribution >= 4 is 21.9 Å². The molecule has 1 aliphatic heterocycles. The molecular formula is C31H32F4N2O6S. The second-order valence-corrected chi connectivity index (χ2v) is 12.5. The molecule has 0 radical (unpaired) electrons. The molecule has 8 nitrogen and oxygen atoms in total. The van der Waals surface area contributed by atoms with Crippen LogP contribution in [0, 0.1) is 5.82 Å². The van der Waals surface area contributed by atoms with Gasteiger partial charge in [-0.25, -0.2) is 22.3 Å². The molecule has 3 aromatic carbocycles. The lowest BCUT2D eigenvalue weighted by atomic mass is 9.98. The maximum Gasteiger partial charge on any atom is 0.490 e. The maximum atomic E-state index is 14.9. The topological polar surface area (TPSA) is 113 Å². The predicted octanol–water partition coefficient (Wildman–Crippen LogP) is 5.74. The van der Waals surface area contributed by atoms with Crippen LogP contribution in [-0.2, 0) is 21.4 Å². The minimum Gasteiger partial charge on any atom is -0.489 e. The molecule has 2 fully saturated rings. The standard InChI is InChI=1S/C29H31FN2O4S.C2HF3O2/c1-37(34,35)31-29(33)26-16-25(21-13-14-21)28(17-27(26)30)36-23-11-7-15-32(19-23)18-22-10-5-6-12-24(22)20-8-3-2-4-9-20;3-2(4,5)1(6)7/h2-6,8-10,12,16-17,21,23H,7,11,13-15,18-19H2,1H3,(H,31,33);(H,6,7)/t23-;/m1./s1. The smallest absolute Gasteiger partial charge is 0.489 e. The van der Waals surface area contributed by atoms with Crippen molar-refractivity contribution in [2.75, 3.05) is 19.3 Å². The van der Waals surface area contributed by atoms with Crippen LogP contribution in [0.15, 0.2) is 66.7 Å². The summed E-state index contributed by atoms with van der Waals surface area (Å²) < 4.78 is 77.8. The van der Waals surface area contributed by atoms with Gasteiger partial charge in [-0.3, -0.25) is 9.69 Å². The van der Waals surface area contributed by atoms with Gasteiger partial charge in [0, 0.05) is 19.2 Å². The third-order valence-electron chi connectivity index (χ3n) is 7.13. The number of amides is 1. The van der Waals surface area contributed by atoms with Crippen molar-refractivity contribution in [3.05, 3.63) is 89.2 Å². The van der Waals surface area contributed by atoms with Crippen LogP contribution >= 0.6 is 0 Å². The predicted molar refractivity (Wildman–Crippen MR) is 155 cm³/mol. The number of nitrogens with zero attached hydrogens (tertiary/aromatic N) is 1. The summed E-state index contributed by atoms with van der Waals surface area (Å²) in [6.07, 6.45) is -0.627. The number of rotatable bonds is 8. The molecule has 2 aliphatic rings. The lowest BCUT2D eigenvalue weighted by Gasteiger charge is -2.34. The Morgan fingerprint density at radius 3 is 2.27 bits per heavy atom. The van der Waals surface area contributed by atoms with E-state index in [1.165, 1.54) is 28.8 Å². The van der Waals surface area contributed by atoms with Gasteiger partial charge in [0.2, 0.25) is 10.0 Å². The Kier molecular flexibility index (Phi) is 10.3. The van der Waals surface area contributed by atoms with E-state index in [-0.39, 0.29) is 17.6 Å². The molecule has 0 unspecified atom stereocenters. The number of benzene rings is 3. The van der Waals surface area contributed by atoms with Crippen molar-refractivity contribution in [3.63, 3.8) is 0 Å². The molecule has 2 N–H and O–H groups in total. The van der Waals surface area contributed by atoms with Crippen molar-refractivity contribution in [1.82, 2.24) is 9.62 Å². The van der Waals surface area contributed by atoms with Crippen LogP contribution in [-0.4, -0.2) is 61.9 Å². The Balaban J connectivity index is 0.000000566. The van der Waals surface area contributed by atoms with E-state index in [2.05, 4.69) is 41.3 Å². The van der Waals surface area contributed by atoms with E-state index in [1.54, 1.807) is 0 Å². The number of carboxylic acids is 1. The van der Waals surface area contributed by atoms with Gasteiger partial charge in [-0.1, -0.05) is 54.6 Å². The van der Waals surface area contributed by atoms with Crippen molar-refractivity contribution in [3.8, 4) is 16.9 Å². The molecule has 1 saturated carbocycles. The van der Waals surface area contributed by atoms with Gasteiger partial charge in [0.25, 0.3) is 5.91 Å². The van der Waals surface area contributed by atoms with E-state index < -0.39 is 33.9 Å². The van der Waals surface area contributed by atoms with Gasteiger partial charge in [0.15, 0.2) is 0 Å². The highest BCUT2D eigenvalue weighted by Gasteiger charge is 2.38. The molecule has 5 rings (SSSR count). The zero-order valence-electron chi connectivity index (χ0n) is 23.8.